The van der Waals surface area contributed by atoms with E-state index in [9.17, 15) is 4.79 Å². The van der Waals surface area contributed by atoms with E-state index in [2.05, 4.69) is 4.98 Å². The molecule has 0 saturated carbocycles. The summed E-state index contributed by atoms with van der Waals surface area (Å²) >= 11 is 5.68. The third-order valence-electron chi connectivity index (χ3n) is 2.25. The monoisotopic (exact) mass is 267 g/mol. The molecule has 0 bridgehead atoms. The molecule has 0 fully saturated rings. The molecule has 2 aromatic rings. The first kappa shape index (κ1) is 12.4. The Morgan fingerprint density at radius 2 is 2.22 bits per heavy atom. The molecule has 0 amide bonds. The Hall–Kier alpha value is -2.01. The van der Waals surface area contributed by atoms with Crippen molar-refractivity contribution in [3.63, 3.8) is 0 Å². The highest BCUT2D eigenvalue weighted by Gasteiger charge is 2.17. The van der Waals surface area contributed by atoms with Gasteiger partial charge in [0, 0.05) is 0 Å². The lowest BCUT2D eigenvalue weighted by Gasteiger charge is -2.12. The number of hydrogen-bond donors (Lipinski definition) is 1. The lowest BCUT2D eigenvalue weighted by atomic mass is 10.2. The van der Waals surface area contributed by atoms with Gasteiger partial charge in [-0.05, 0) is 19.1 Å². The number of para-hydroxylation sites is 1. The van der Waals surface area contributed by atoms with Gasteiger partial charge in [0.05, 0.1) is 5.56 Å². The maximum atomic E-state index is 10.8. The first-order valence-electron chi connectivity index (χ1n) is 5.18. The minimum atomic E-state index is -1.05. The van der Waals surface area contributed by atoms with Gasteiger partial charge >= 0.3 is 5.97 Å². The average Bonchev–Trinajstić information content (AvgIpc) is 2.76. The summed E-state index contributed by atoms with van der Waals surface area (Å²) in [4.78, 5) is 14.7. The van der Waals surface area contributed by atoms with Crippen LogP contribution >= 0.6 is 11.6 Å². The van der Waals surface area contributed by atoms with Crippen molar-refractivity contribution in [2.24, 2.45) is 0 Å². The zero-order valence-electron chi connectivity index (χ0n) is 9.46. The molecule has 0 aliphatic heterocycles. The molecule has 1 aromatic carbocycles. The average molecular weight is 268 g/mol. The molecule has 1 aromatic heterocycles. The fourth-order valence-corrected chi connectivity index (χ4v) is 1.49. The smallest absolute Gasteiger partial charge is 0.344 e. The van der Waals surface area contributed by atoms with E-state index in [1.54, 1.807) is 24.3 Å². The number of hydrogen-bond acceptors (Lipinski definition) is 4. The molecular weight excluding hydrogens is 258 g/mol. The SMILES string of the molecule is C[C@@H](Oc1ccccc1-c1nc(Cl)co1)C(=O)O. The second-order valence-corrected chi connectivity index (χ2v) is 3.96. The fourth-order valence-electron chi connectivity index (χ4n) is 1.36. The molecule has 5 nitrogen and oxygen atoms in total. The van der Waals surface area contributed by atoms with E-state index in [4.69, 9.17) is 25.9 Å². The highest BCUT2D eigenvalue weighted by atomic mass is 35.5. The molecule has 18 heavy (non-hydrogen) atoms. The Labute approximate surface area is 108 Å². The third kappa shape index (κ3) is 2.62. The number of nitrogens with zero attached hydrogens (tertiary/aromatic N) is 1. The van der Waals surface area contributed by atoms with Crippen LogP contribution in [0, 0.1) is 0 Å². The first-order valence-corrected chi connectivity index (χ1v) is 5.55. The molecule has 0 saturated heterocycles. The molecule has 0 spiro atoms. The van der Waals surface area contributed by atoms with Gasteiger partial charge in [-0.1, -0.05) is 23.7 Å². The van der Waals surface area contributed by atoms with Crippen LogP contribution in [0.4, 0.5) is 0 Å². The summed E-state index contributed by atoms with van der Waals surface area (Å²) in [6.07, 6.45) is 0.338. The lowest BCUT2D eigenvalue weighted by molar-refractivity contribution is -0.144. The number of carboxylic acids is 1. The summed E-state index contributed by atoms with van der Waals surface area (Å²) in [6.45, 7) is 1.45. The Balaban J connectivity index is 2.34. The van der Waals surface area contributed by atoms with Crippen molar-refractivity contribution in [2.75, 3.05) is 0 Å². The number of carbonyl (C=O) groups is 1. The molecule has 1 atom stereocenters. The summed E-state index contributed by atoms with van der Waals surface area (Å²) in [5.74, 6) is -0.380. The third-order valence-corrected chi connectivity index (χ3v) is 2.42. The van der Waals surface area contributed by atoms with E-state index in [0.717, 1.165) is 0 Å². The van der Waals surface area contributed by atoms with Crippen LogP contribution in [0.5, 0.6) is 5.75 Å². The van der Waals surface area contributed by atoms with Crippen molar-refractivity contribution in [1.82, 2.24) is 4.98 Å². The van der Waals surface area contributed by atoms with E-state index in [1.807, 2.05) is 0 Å². The predicted molar refractivity (Wildman–Crippen MR) is 64.7 cm³/mol. The van der Waals surface area contributed by atoms with Gasteiger partial charge < -0.3 is 14.3 Å². The molecular formula is C12H10ClNO4. The second-order valence-electron chi connectivity index (χ2n) is 3.57. The molecule has 94 valence electrons. The van der Waals surface area contributed by atoms with E-state index in [0.29, 0.717) is 11.3 Å². The van der Waals surface area contributed by atoms with Gasteiger partial charge in [-0.25, -0.2) is 4.79 Å². The van der Waals surface area contributed by atoms with Crippen LogP contribution in [0.25, 0.3) is 11.5 Å². The molecule has 2 rings (SSSR count). The van der Waals surface area contributed by atoms with Crippen LogP contribution in [0.1, 0.15) is 6.92 Å². The quantitative estimate of drug-likeness (QED) is 0.922. The zero-order chi connectivity index (χ0) is 13.1. The summed E-state index contributed by atoms with van der Waals surface area (Å²) in [6, 6.07) is 6.86. The van der Waals surface area contributed by atoms with Crippen LogP contribution in [0.3, 0.4) is 0 Å². The van der Waals surface area contributed by atoms with Gasteiger partial charge in [0.25, 0.3) is 0 Å². The van der Waals surface area contributed by atoms with E-state index < -0.39 is 12.1 Å². The summed E-state index contributed by atoms with van der Waals surface area (Å²) in [5, 5.41) is 9.05. The van der Waals surface area contributed by atoms with Crippen LogP contribution in [0.2, 0.25) is 5.15 Å². The molecule has 1 N–H and O–H groups in total. The van der Waals surface area contributed by atoms with E-state index in [-0.39, 0.29) is 11.0 Å². The number of oxazole rings is 1. The van der Waals surface area contributed by atoms with Crippen molar-refractivity contribution in [1.29, 1.82) is 0 Å². The summed E-state index contributed by atoms with van der Waals surface area (Å²) in [5.41, 5.74) is 0.553. The van der Waals surface area contributed by atoms with Crippen molar-refractivity contribution < 1.29 is 19.1 Å². The maximum Gasteiger partial charge on any atom is 0.344 e. The number of halogens is 1. The van der Waals surface area contributed by atoms with Crippen molar-refractivity contribution >= 4 is 17.6 Å². The van der Waals surface area contributed by atoms with Crippen molar-refractivity contribution in [3.05, 3.63) is 35.7 Å². The number of aromatic nitrogens is 1. The van der Waals surface area contributed by atoms with Crippen LogP contribution in [-0.2, 0) is 4.79 Å². The van der Waals surface area contributed by atoms with Crippen LogP contribution in [0.15, 0.2) is 34.9 Å². The summed E-state index contributed by atoms with van der Waals surface area (Å²) < 4.78 is 10.5. The standard InChI is InChI=1S/C12H10ClNO4/c1-7(12(15)16)18-9-5-3-2-4-8(9)11-14-10(13)6-17-11/h2-7H,1H3,(H,15,16)/t7-/m1/s1. The predicted octanol–water partition coefficient (Wildman–Crippen LogP) is 2.85. The largest absolute Gasteiger partial charge is 0.479 e. The molecule has 6 heteroatoms. The zero-order valence-corrected chi connectivity index (χ0v) is 10.2. The molecule has 0 aliphatic carbocycles. The second kappa shape index (κ2) is 5.10. The van der Waals surface area contributed by atoms with E-state index >= 15 is 0 Å². The topological polar surface area (TPSA) is 72.6 Å². The highest BCUT2D eigenvalue weighted by molar-refractivity contribution is 6.29. The normalized spacial score (nSPS) is 12.1. The highest BCUT2D eigenvalue weighted by Crippen LogP contribution is 2.30. The van der Waals surface area contributed by atoms with Gasteiger partial charge in [-0.3, -0.25) is 0 Å². The van der Waals surface area contributed by atoms with Gasteiger partial charge in [0.15, 0.2) is 11.3 Å². The van der Waals surface area contributed by atoms with Gasteiger partial charge in [0.1, 0.15) is 12.0 Å². The molecule has 0 radical (unpaired) electrons. The Morgan fingerprint density at radius 3 is 2.83 bits per heavy atom. The number of carboxylic acid groups (broad SMARTS) is 1. The van der Waals surface area contributed by atoms with Crippen LogP contribution in [-0.4, -0.2) is 22.2 Å². The number of aliphatic carboxylic acids is 1. The van der Waals surface area contributed by atoms with Gasteiger partial charge in [0.2, 0.25) is 5.89 Å². The Bertz CT molecular complexity index is 567. The van der Waals surface area contributed by atoms with Gasteiger partial charge in [-0.15, -0.1) is 0 Å². The fraction of sp³-hybridized carbons (Fsp3) is 0.167. The Morgan fingerprint density at radius 1 is 1.50 bits per heavy atom. The number of ether oxygens (including phenoxy) is 1. The molecule has 0 aliphatic rings. The van der Waals surface area contributed by atoms with Crippen molar-refractivity contribution in [2.45, 2.75) is 13.0 Å². The molecule has 1 heterocycles. The summed E-state index contributed by atoms with van der Waals surface area (Å²) in [7, 11) is 0. The number of benzene rings is 1. The minimum absolute atomic E-state index is 0.228. The first-order chi connectivity index (χ1) is 8.58. The van der Waals surface area contributed by atoms with Gasteiger partial charge in [-0.2, -0.15) is 4.98 Å². The maximum absolute atomic E-state index is 10.8. The van der Waals surface area contributed by atoms with E-state index in [1.165, 1.54) is 13.2 Å². The number of rotatable bonds is 4. The Kier molecular flexibility index (Phi) is 3.53. The minimum Gasteiger partial charge on any atom is -0.479 e. The van der Waals surface area contributed by atoms with Crippen molar-refractivity contribution in [3.8, 4) is 17.2 Å². The molecule has 0 unspecified atom stereocenters. The van der Waals surface area contributed by atoms with Crippen LogP contribution < -0.4 is 4.74 Å². The lowest BCUT2D eigenvalue weighted by Crippen LogP contribution is -2.23.